The van der Waals surface area contributed by atoms with Gasteiger partial charge in [-0.2, -0.15) is 0 Å². The molecular weight excluding hydrogens is 274 g/mol. The average molecular weight is 293 g/mol. The molecule has 1 saturated heterocycles. The van der Waals surface area contributed by atoms with Crippen LogP contribution in [-0.2, 0) is 11.3 Å². The predicted octanol–water partition coefficient (Wildman–Crippen LogP) is 3.93. The maximum Gasteiger partial charge on any atom is 0.135 e. The lowest BCUT2D eigenvalue weighted by Gasteiger charge is -2.38. The number of ether oxygens (including phenoxy) is 1. The smallest absolute Gasteiger partial charge is 0.135 e. The minimum absolute atomic E-state index is 0.400. The Morgan fingerprint density at radius 3 is 2.68 bits per heavy atom. The van der Waals surface area contributed by atoms with Gasteiger partial charge in [0.15, 0.2) is 0 Å². The van der Waals surface area contributed by atoms with Crippen LogP contribution in [0.5, 0.6) is 0 Å². The van der Waals surface area contributed by atoms with Gasteiger partial charge in [0.25, 0.3) is 0 Å². The number of nitrogens with zero attached hydrogens (tertiary/aromatic N) is 1. The van der Waals surface area contributed by atoms with Crippen molar-refractivity contribution in [2.75, 3.05) is 20.2 Å². The van der Waals surface area contributed by atoms with Crippen LogP contribution in [0.15, 0.2) is 59.0 Å². The van der Waals surface area contributed by atoms with Crippen molar-refractivity contribution in [3.05, 3.63) is 60.2 Å². The first-order valence-electron chi connectivity index (χ1n) is 7.65. The van der Waals surface area contributed by atoms with Gasteiger partial charge in [-0.15, -0.1) is 0 Å². The molecule has 1 aliphatic rings. The highest BCUT2D eigenvalue weighted by Crippen LogP contribution is 2.29. The van der Waals surface area contributed by atoms with Crippen LogP contribution in [0.25, 0.3) is 22.3 Å². The summed E-state index contributed by atoms with van der Waals surface area (Å²) in [5.41, 5.74) is 3.36. The van der Waals surface area contributed by atoms with E-state index in [9.17, 15) is 0 Å². The van der Waals surface area contributed by atoms with Crippen molar-refractivity contribution >= 4 is 11.0 Å². The molecule has 0 amide bonds. The zero-order chi connectivity index (χ0) is 14.9. The van der Waals surface area contributed by atoms with Crippen LogP contribution in [0.2, 0.25) is 0 Å². The first kappa shape index (κ1) is 13.6. The third-order valence-corrected chi connectivity index (χ3v) is 4.31. The van der Waals surface area contributed by atoms with E-state index in [-0.39, 0.29) is 0 Å². The number of hydrogen-bond acceptors (Lipinski definition) is 3. The van der Waals surface area contributed by atoms with Crippen molar-refractivity contribution < 1.29 is 9.15 Å². The topological polar surface area (TPSA) is 25.6 Å². The number of rotatable bonds is 4. The van der Waals surface area contributed by atoms with Gasteiger partial charge >= 0.3 is 0 Å². The van der Waals surface area contributed by atoms with Gasteiger partial charge in [-0.1, -0.05) is 42.5 Å². The van der Waals surface area contributed by atoms with E-state index in [4.69, 9.17) is 9.15 Å². The minimum atomic E-state index is 0.400. The van der Waals surface area contributed by atoms with Gasteiger partial charge < -0.3 is 9.15 Å². The van der Waals surface area contributed by atoms with E-state index >= 15 is 0 Å². The molecule has 0 N–H and O–H groups in total. The van der Waals surface area contributed by atoms with Crippen molar-refractivity contribution in [2.24, 2.45) is 0 Å². The highest BCUT2D eigenvalue weighted by molar-refractivity contribution is 5.83. The quantitative estimate of drug-likeness (QED) is 0.729. The van der Waals surface area contributed by atoms with Crippen LogP contribution < -0.4 is 0 Å². The highest BCUT2D eigenvalue weighted by Gasteiger charge is 2.26. The molecule has 3 heteroatoms. The standard InChI is InChI=1S/C19H19NO2/c1-21-17-12-20(13-17)11-14-7-8-16-10-19(22-18(16)9-14)15-5-3-2-4-6-15/h2-10,17H,11-13H2,1H3. The highest BCUT2D eigenvalue weighted by atomic mass is 16.5. The molecule has 0 unspecified atom stereocenters. The van der Waals surface area contributed by atoms with Crippen molar-refractivity contribution in [2.45, 2.75) is 12.6 Å². The van der Waals surface area contributed by atoms with Crippen molar-refractivity contribution in [1.29, 1.82) is 0 Å². The van der Waals surface area contributed by atoms with Crippen LogP contribution in [0.3, 0.4) is 0 Å². The Balaban J connectivity index is 1.56. The van der Waals surface area contributed by atoms with E-state index in [1.807, 2.05) is 18.2 Å². The summed E-state index contributed by atoms with van der Waals surface area (Å²) in [7, 11) is 1.78. The Labute approximate surface area is 130 Å². The maximum atomic E-state index is 6.03. The number of furan rings is 1. The molecule has 2 heterocycles. The minimum Gasteiger partial charge on any atom is -0.456 e. The third-order valence-electron chi connectivity index (χ3n) is 4.31. The van der Waals surface area contributed by atoms with E-state index in [2.05, 4.69) is 41.3 Å². The molecule has 0 saturated carbocycles. The number of fused-ring (bicyclic) bond motifs is 1. The van der Waals surface area contributed by atoms with Gasteiger partial charge in [-0.3, -0.25) is 4.90 Å². The SMILES string of the molecule is COC1CN(Cc2ccc3cc(-c4ccccc4)oc3c2)C1. The summed E-state index contributed by atoms with van der Waals surface area (Å²) < 4.78 is 11.3. The summed E-state index contributed by atoms with van der Waals surface area (Å²) in [4.78, 5) is 2.39. The second-order valence-electron chi connectivity index (χ2n) is 5.90. The summed E-state index contributed by atoms with van der Waals surface area (Å²) in [6.45, 7) is 2.99. The zero-order valence-corrected chi connectivity index (χ0v) is 12.7. The Hall–Kier alpha value is -2.10. The molecule has 1 aromatic heterocycles. The molecule has 0 atom stereocenters. The zero-order valence-electron chi connectivity index (χ0n) is 12.7. The largest absolute Gasteiger partial charge is 0.456 e. The molecule has 0 aliphatic carbocycles. The Kier molecular flexibility index (Phi) is 3.45. The molecule has 112 valence electrons. The van der Waals surface area contributed by atoms with Gasteiger partial charge in [0.05, 0.1) is 6.10 Å². The molecule has 0 radical (unpaired) electrons. The van der Waals surface area contributed by atoms with Gasteiger partial charge in [-0.05, 0) is 17.7 Å². The molecular formula is C19H19NO2. The Morgan fingerprint density at radius 1 is 1.09 bits per heavy atom. The Bertz CT molecular complexity index is 772. The van der Waals surface area contributed by atoms with Crippen molar-refractivity contribution in [3.8, 4) is 11.3 Å². The van der Waals surface area contributed by atoms with Crippen LogP contribution in [0.4, 0.5) is 0 Å². The second kappa shape index (κ2) is 5.59. The van der Waals surface area contributed by atoms with E-state index in [0.29, 0.717) is 6.10 Å². The summed E-state index contributed by atoms with van der Waals surface area (Å²) >= 11 is 0. The molecule has 2 aromatic carbocycles. The van der Waals surface area contributed by atoms with Crippen LogP contribution in [0, 0.1) is 0 Å². The van der Waals surface area contributed by atoms with Crippen molar-refractivity contribution in [1.82, 2.24) is 4.90 Å². The fourth-order valence-corrected chi connectivity index (χ4v) is 2.98. The molecule has 0 spiro atoms. The second-order valence-corrected chi connectivity index (χ2v) is 5.90. The number of hydrogen-bond donors (Lipinski definition) is 0. The average Bonchev–Trinajstić information content (AvgIpc) is 2.94. The lowest BCUT2D eigenvalue weighted by atomic mass is 10.1. The summed E-state index contributed by atoms with van der Waals surface area (Å²) in [5, 5.41) is 1.15. The molecule has 3 nitrogen and oxygen atoms in total. The molecule has 1 aliphatic heterocycles. The fraction of sp³-hybridized carbons (Fsp3) is 0.263. The molecule has 0 bridgehead atoms. The first-order chi connectivity index (χ1) is 10.8. The van der Waals surface area contributed by atoms with E-state index in [1.165, 1.54) is 5.56 Å². The third kappa shape index (κ3) is 2.54. The van der Waals surface area contributed by atoms with Gasteiger partial charge in [0, 0.05) is 37.7 Å². The first-order valence-corrected chi connectivity index (χ1v) is 7.65. The molecule has 1 fully saturated rings. The van der Waals surface area contributed by atoms with Crippen molar-refractivity contribution in [3.63, 3.8) is 0 Å². The number of likely N-dealkylation sites (tertiary alicyclic amines) is 1. The van der Waals surface area contributed by atoms with E-state index < -0.39 is 0 Å². The van der Waals surface area contributed by atoms with E-state index in [0.717, 1.165) is 41.9 Å². The fourth-order valence-electron chi connectivity index (χ4n) is 2.98. The van der Waals surface area contributed by atoms with Gasteiger partial charge in [0.2, 0.25) is 0 Å². The lowest BCUT2D eigenvalue weighted by Crippen LogP contribution is -2.50. The van der Waals surface area contributed by atoms with Gasteiger partial charge in [-0.25, -0.2) is 0 Å². The molecule has 4 rings (SSSR count). The normalized spacial score (nSPS) is 16.0. The predicted molar refractivity (Wildman–Crippen MR) is 87.7 cm³/mol. The lowest BCUT2D eigenvalue weighted by molar-refractivity contribution is -0.0333. The van der Waals surface area contributed by atoms with Crippen LogP contribution >= 0.6 is 0 Å². The molecule has 3 aromatic rings. The summed E-state index contributed by atoms with van der Waals surface area (Å²) in [5.74, 6) is 0.927. The summed E-state index contributed by atoms with van der Waals surface area (Å²) in [6, 6.07) is 18.8. The van der Waals surface area contributed by atoms with Crippen LogP contribution in [0.1, 0.15) is 5.56 Å². The maximum absolute atomic E-state index is 6.03. The number of methoxy groups -OCH3 is 1. The number of benzene rings is 2. The Morgan fingerprint density at radius 2 is 1.91 bits per heavy atom. The van der Waals surface area contributed by atoms with Crippen LogP contribution in [-0.4, -0.2) is 31.2 Å². The van der Waals surface area contributed by atoms with Gasteiger partial charge in [0.1, 0.15) is 11.3 Å². The van der Waals surface area contributed by atoms with E-state index in [1.54, 1.807) is 7.11 Å². The molecule has 22 heavy (non-hydrogen) atoms. The summed E-state index contributed by atoms with van der Waals surface area (Å²) in [6.07, 6.45) is 0.400. The monoisotopic (exact) mass is 293 g/mol.